The lowest BCUT2D eigenvalue weighted by Crippen LogP contribution is -1.93. The SMILES string of the molecule is CC.CC.CC.CCOC=O.CNc1cc(Oc2ccc(N)c(SC)c2)ccn1. The van der Waals surface area contributed by atoms with Crippen LogP contribution in [0, 0.1) is 0 Å². The van der Waals surface area contributed by atoms with Crippen LogP contribution in [0.4, 0.5) is 11.5 Å². The number of pyridine rings is 1. The molecule has 0 spiro atoms. The lowest BCUT2D eigenvalue weighted by molar-refractivity contribution is -0.128. The number of hydrogen-bond donors (Lipinski definition) is 2. The van der Waals surface area contributed by atoms with E-state index in [0.717, 1.165) is 27.9 Å². The van der Waals surface area contributed by atoms with Crippen molar-refractivity contribution in [3.05, 3.63) is 36.5 Å². The first-order valence-electron chi connectivity index (χ1n) is 9.95. The second kappa shape index (κ2) is 23.6. The third kappa shape index (κ3) is 15.2. The molecule has 0 aliphatic rings. The highest BCUT2D eigenvalue weighted by Gasteiger charge is 2.03. The number of rotatable bonds is 6. The molecule has 1 aromatic carbocycles. The summed E-state index contributed by atoms with van der Waals surface area (Å²) >= 11 is 1.60. The van der Waals surface area contributed by atoms with Crippen molar-refractivity contribution in [2.45, 2.75) is 53.4 Å². The summed E-state index contributed by atoms with van der Waals surface area (Å²) in [5.41, 5.74) is 6.61. The predicted molar refractivity (Wildman–Crippen MR) is 128 cm³/mol. The van der Waals surface area contributed by atoms with Crippen molar-refractivity contribution >= 4 is 29.7 Å². The van der Waals surface area contributed by atoms with Crippen molar-refractivity contribution in [2.24, 2.45) is 0 Å². The Balaban J connectivity index is -0.000000521. The zero-order chi connectivity index (χ0) is 23.1. The molecule has 1 aromatic heterocycles. The van der Waals surface area contributed by atoms with Crippen molar-refractivity contribution in [1.82, 2.24) is 4.98 Å². The first-order chi connectivity index (χ1) is 14.1. The molecule has 0 radical (unpaired) electrons. The van der Waals surface area contributed by atoms with Crippen LogP contribution in [0.25, 0.3) is 0 Å². The fourth-order valence-electron chi connectivity index (χ4n) is 1.57. The molecular weight excluding hydrogens is 386 g/mol. The van der Waals surface area contributed by atoms with Crippen LogP contribution in [-0.2, 0) is 9.53 Å². The van der Waals surface area contributed by atoms with E-state index in [1.807, 2.05) is 85.2 Å². The number of nitrogens with two attached hydrogens (primary N) is 1. The Labute approximate surface area is 181 Å². The molecule has 3 N–H and O–H groups in total. The van der Waals surface area contributed by atoms with Crippen molar-refractivity contribution in [3.8, 4) is 11.5 Å². The van der Waals surface area contributed by atoms with Crippen molar-refractivity contribution in [1.29, 1.82) is 0 Å². The van der Waals surface area contributed by atoms with Crippen LogP contribution in [0.2, 0.25) is 0 Å². The van der Waals surface area contributed by atoms with Gasteiger partial charge in [0.15, 0.2) is 0 Å². The minimum Gasteiger partial charge on any atom is -0.468 e. The molecule has 0 fully saturated rings. The maximum atomic E-state index is 9.18. The number of aromatic nitrogens is 1. The number of hydrogen-bond acceptors (Lipinski definition) is 7. The van der Waals surface area contributed by atoms with Crippen LogP contribution in [-0.4, -0.2) is 31.4 Å². The van der Waals surface area contributed by atoms with Gasteiger partial charge in [0.2, 0.25) is 0 Å². The number of nitrogens with one attached hydrogen (secondary N) is 1. The van der Waals surface area contributed by atoms with Gasteiger partial charge >= 0.3 is 0 Å². The number of benzene rings is 1. The van der Waals surface area contributed by atoms with Crippen LogP contribution >= 0.6 is 11.8 Å². The molecule has 0 saturated carbocycles. The molecule has 0 aliphatic heterocycles. The lowest BCUT2D eigenvalue weighted by atomic mass is 10.3. The molecule has 29 heavy (non-hydrogen) atoms. The van der Waals surface area contributed by atoms with E-state index < -0.39 is 0 Å². The minimum atomic E-state index is 0.431. The number of anilines is 2. The summed E-state index contributed by atoms with van der Waals surface area (Å²) in [6, 6.07) is 9.29. The average Bonchev–Trinajstić information content (AvgIpc) is 2.80. The Bertz CT molecular complexity index is 626. The van der Waals surface area contributed by atoms with Gasteiger partial charge in [-0.2, -0.15) is 0 Å². The van der Waals surface area contributed by atoms with Gasteiger partial charge in [-0.05, 0) is 37.4 Å². The molecule has 2 aromatic rings. The zero-order valence-electron chi connectivity index (χ0n) is 19.4. The Morgan fingerprint density at radius 1 is 1.07 bits per heavy atom. The van der Waals surface area contributed by atoms with Gasteiger partial charge in [0, 0.05) is 29.9 Å². The summed E-state index contributed by atoms with van der Waals surface area (Å²) in [7, 11) is 1.82. The Hall–Kier alpha value is -2.41. The van der Waals surface area contributed by atoms with E-state index in [1.54, 1.807) is 24.9 Å². The van der Waals surface area contributed by atoms with E-state index in [-0.39, 0.29) is 0 Å². The van der Waals surface area contributed by atoms with Gasteiger partial charge in [0.1, 0.15) is 17.3 Å². The summed E-state index contributed by atoms with van der Waals surface area (Å²) in [4.78, 5) is 14.3. The first-order valence-corrected chi connectivity index (χ1v) is 11.2. The van der Waals surface area contributed by atoms with Crippen LogP contribution < -0.4 is 15.8 Å². The summed E-state index contributed by atoms with van der Waals surface area (Å²) in [6.45, 7) is 14.7. The quantitative estimate of drug-likeness (QED) is 0.311. The molecule has 2 rings (SSSR count). The number of carbonyl (C=O) groups is 1. The monoisotopic (exact) mass is 425 g/mol. The van der Waals surface area contributed by atoms with Crippen molar-refractivity contribution < 1.29 is 14.3 Å². The molecule has 6 nitrogen and oxygen atoms in total. The fraction of sp³-hybridized carbons (Fsp3) is 0.455. The highest BCUT2D eigenvalue weighted by Crippen LogP contribution is 2.30. The van der Waals surface area contributed by atoms with Gasteiger partial charge in [-0.1, -0.05) is 41.5 Å². The van der Waals surface area contributed by atoms with Crippen LogP contribution in [0.3, 0.4) is 0 Å². The third-order valence-electron chi connectivity index (χ3n) is 2.66. The molecule has 7 heteroatoms. The van der Waals surface area contributed by atoms with Crippen LogP contribution in [0.5, 0.6) is 11.5 Å². The van der Waals surface area contributed by atoms with Crippen LogP contribution in [0.1, 0.15) is 48.5 Å². The lowest BCUT2D eigenvalue weighted by Gasteiger charge is -2.09. The van der Waals surface area contributed by atoms with Gasteiger partial charge in [0.25, 0.3) is 6.47 Å². The Morgan fingerprint density at radius 2 is 1.66 bits per heavy atom. The van der Waals surface area contributed by atoms with E-state index in [4.69, 9.17) is 10.5 Å². The molecule has 0 bridgehead atoms. The molecule has 0 atom stereocenters. The van der Waals surface area contributed by atoms with Gasteiger partial charge in [-0.15, -0.1) is 11.8 Å². The predicted octanol–water partition coefficient (Wildman–Crippen LogP) is 6.48. The number of ether oxygens (including phenoxy) is 2. The maximum absolute atomic E-state index is 9.18. The number of carbonyl (C=O) groups excluding carboxylic acids is 1. The number of nitrogen functional groups attached to an aromatic ring is 1. The van der Waals surface area contributed by atoms with E-state index in [2.05, 4.69) is 15.0 Å². The molecule has 0 saturated heterocycles. The second-order valence-corrected chi connectivity index (χ2v) is 5.03. The van der Waals surface area contributed by atoms with Crippen LogP contribution in [0.15, 0.2) is 41.4 Å². The topological polar surface area (TPSA) is 86.5 Å². The molecule has 0 aliphatic carbocycles. The Morgan fingerprint density at radius 3 is 2.10 bits per heavy atom. The number of thioether (sulfide) groups is 1. The second-order valence-electron chi connectivity index (χ2n) is 4.18. The highest BCUT2D eigenvalue weighted by atomic mass is 32.2. The summed E-state index contributed by atoms with van der Waals surface area (Å²) in [6.07, 6.45) is 3.69. The fourth-order valence-corrected chi connectivity index (χ4v) is 2.11. The van der Waals surface area contributed by atoms with Crippen molar-refractivity contribution in [3.63, 3.8) is 0 Å². The van der Waals surface area contributed by atoms with E-state index in [1.165, 1.54) is 0 Å². The highest BCUT2D eigenvalue weighted by molar-refractivity contribution is 7.98. The zero-order valence-corrected chi connectivity index (χ0v) is 20.2. The standard InChI is InChI=1S/C13H15N3OS.C3H6O2.3C2H6/c1-15-13-8-10(5-6-16-13)17-9-3-4-11(14)12(7-9)18-2;1-2-5-3-4;3*1-2/h3-8H,14H2,1-2H3,(H,15,16);3H,2H2,1H3;3*1-2H3. The van der Waals surface area contributed by atoms with E-state index >= 15 is 0 Å². The molecule has 0 unspecified atom stereocenters. The molecule has 166 valence electrons. The Kier molecular flexibility index (Phi) is 25.5. The van der Waals surface area contributed by atoms with Gasteiger partial charge in [0.05, 0.1) is 6.61 Å². The average molecular weight is 426 g/mol. The van der Waals surface area contributed by atoms with Gasteiger partial charge in [-0.25, -0.2) is 4.98 Å². The van der Waals surface area contributed by atoms with Crippen molar-refractivity contribution in [2.75, 3.05) is 31.0 Å². The largest absolute Gasteiger partial charge is 0.468 e. The summed E-state index contributed by atoms with van der Waals surface area (Å²) < 4.78 is 9.92. The number of nitrogens with zero attached hydrogens (tertiary/aromatic N) is 1. The smallest absolute Gasteiger partial charge is 0.293 e. The molecule has 0 amide bonds. The van der Waals surface area contributed by atoms with E-state index in [9.17, 15) is 4.79 Å². The summed E-state index contributed by atoms with van der Waals surface area (Å²) in [5.74, 6) is 2.28. The first kappa shape index (κ1) is 31.3. The van der Waals surface area contributed by atoms with Gasteiger partial charge < -0.3 is 20.5 Å². The third-order valence-corrected chi connectivity index (χ3v) is 3.46. The normalized spacial score (nSPS) is 8.03. The van der Waals surface area contributed by atoms with E-state index in [0.29, 0.717) is 13.1 Å². The molecule has 1 heterocycles. The van der Waals surface area contributed by atoms with Gasteiger partial charge in [-0.3, -0.25) is 4.79 Å². The minimum absolute atomic E-state index is 0.431. The molecular formula is C22H39N3O3S. The summed E-state index contributed by atoms with van der Waals surface area (Å²) in [5, 5.41) is 2.97. The maximum Gasteiger partial charge on any atom is 0.293 e.